The highest BCUT2D eigenvalue weighted by Gasteiger charge is 2.32. The Morgan fingerprint density at radius 1 is 1.40 bits per heavy atom. The normalized spacial score (nSPS) is 17.3. The molecule has 1 aliphatic heterocycles. The summed E-state index contributed by atoms with van der Waals surface area (Å²) in [5, 5.41) is 9.84. The van der Waals surface area contributed by atoms with Crippen LogP contribution in [0, 0.1) is 6.92 Å². The Hall–Kier alpha value is -2.74. The Bertz CT molecular complexity index is 731. The molecule has 0 aliphatic carbocycles. The van der Waals surface area contributed by atoms with Crippen molar-refractivity contribution in [2.24, 2.45) is 0 Å². The summed E-state index contributed by atoms with van der Waals surface area (Å²) in [6, 6.07) is 4.88. The second-order valence-electron chi connectivity index (χ2n) is 5.99. The Morgan fingerprint density at radius 2 is 2.20 bits per heavy atom. The molecule has 3 rings (SSSR count). The van der Waals surface area contributed by atoms with Crippen LogP contribution in [0.4, 0.5) is 0 Å². The van der Waals surface area contributed by atoms with E-state index in [4.69, 9.17) is 4.52 Å². The highest BCUT2D eigenvalue weighted by molar-refractivity contribution is 5.88. The second kappa shape index (κ2) is 7.89. The number of amides is 2. The Labute approximate surface area is 145 Å². The monoisotopic (exact) mass is 343 g/mol. The summed E-state index contributed by atoms with van der Waals surface area (Å²) in [6.45, 7) is 3.79. The van der Waals surface area contributed by atoms with Gasteiger partial charge in [0.05, 0.1) is 12.1 Å². The van der Waals surface area contributed by atoms with Crippen molar-refractivity contribution in [3.63, 3.8) is 0 Å². The molecule has 25 heavy (non-hydrogen) atoms. The average Bonchev–Trinajstić information content (AvgIpc) is 3.05. The molecule has 1 aliphatic rings. The van der Waals surface area contributed by atoms with Crippen molar-refractivity contribution < 1.29 is 14.1 Å². The maximum absolute atomic E-state index is 12.6. The van der Waals surface area contributed by atoms with Crippen LogP contribution in [0.25, 0.3) is 0 Å². The van der Waals surface area contributed by atoms with Gasteiger partial charge in [0.25, 0.3) is 0 Å². The van der Waals surface area contributed by atoms with E-state index in [9.17, 15) is 9.59 Å². The maximum Gasteiger partial charge on any atom is 0.244 e. The summed E-state index contributed by atoms with van der Waals surface area (Å²) in [5.41, 5.74) is 1.69. The molecule has 1 atom stereocenters. The minimum absolute atomic E-state index is 0.106. The van der Waals surface area contributed by atoms with E-state index in [2.05, 4.69) is 20.8 Å². The Morgan fingerprint density at radius 3 is 2.92 bits per heavy atom. The molecule has 0 spiro atoms. The van der Waals surface area contributed by atoms with Crippen LogP contribution < -0.4 is 10.6 Å². The zero-order valence-corrected chi connectivity index (χ0v) is 14.1. The summed E-state index contributed by atoms with van der Waals surface area (Å²) in [6.07, 6.45) is 3.46. The van der Waals surface area contributed by atoms with Gasteiger partial charge < -0.3 is 20.1 Å². The first-order valence-corrected chi connectivity index (χ1v) is 8.22. The molecule has 2 N–H and O–H groups in total. The van der Waals surface area contributed by atoms with Crippen LogP contribution in [-0.4, -0.2) is 52.5 Å². The average molecular weight is 343 g/mol. The first-order chi connectivity index (χ1) is 12.1. The van der Waals surface area contributed by atoms with E-state index in [-0.39, 0.29) is 18.2 Å². The summed E-state index contributed by atoms with van der Waals surface area (Å²) in [5.74, 6) is 0.199. The molecule has 2 amide bonds. The molecule has 8 heteroatoms. The Kier molecular flexibility index (Phi) is 5.39. The van der Waals surface area contributed by atoms with Gasteiger partial charge in [-0.05, 0) is 24.6 Å². The lowest BCUT2D eigenvalue weighted by atomic mass is 10.1. The number of nitrogens with zero attached hydrogens (tertiary/aromatic N) is 3. The number of piperazine rings is 1. The van der Waals surface area contributed by atoms with Crippen molar-refractivity contribution in [1.29, 1.82) is 0 Å². The van der Waals surface area contributed by atoms with E-state index in [1.807, 2.05) is 12.1 Å². The van der Waals surface area contributed by atoms with Gasteiger partial charge in [-0.15, -0.1) is 0 Å². The van der Waals surface area contributed by atoms with E-state index in [0.29, 0.717) is 31.9 Å². The fourth-order valence-electron chi connectivity index (χ4n) is 2.79. The van der Waals surface area contributed by atoms with Gasteiger partial charge in [-0.25, -0.2) is 0 Å². The van der Waals surface area contributed by atoms with Crippen LogP contribution >= 0.6 is 0 Å². The zero-order valence-electron chi connectivity index (χ0n) is 14.1. The molecule has 8 nitrogen and oxygen atoms in total. The molecular weight excluding hydrogens is 322 g/mol. The highest BCUT2D eigenvalue weighted by Crippen LogP contribution is 2.10. The molecule has 2 aromatic rings. The van der Waals surface area contributed by atoms with Gasteiger partial charge in [0.15, 0.2) is 0 Å². The quantitative estimate of drug-likeness (QED) is 0.795. The smallest absolute Gasteiger partial charge is 0.244 e. The molecule has 1 saturated heterocycles. The van der Waals surface area contributed by atoms with Crippen LogP contribution in [-0.2, 0) is 22.6 Å². The molecular formula is C17H21N5O3. The lowest BCUT2D eigenvalue weighted by Gasteiger charge is -2.35. The van der Waals surface area contributed by atoms with Crippen LogP contribution in [0.2, 0.25) is 0 Å². The predicted octanol–water partition coefficient (Wildman–Crippen LogP) is 0.0373. The van der Waals surface area contributed by atoms with Crippen molar-refractivity contribution in [2.75, 3.05) is 19.6 Å². The first-order valence-electron chi connectivity index (χ1n) is 8.22. The van der Waals surface area contributed by atoms with Crippen molar-refractivity contribution in [3.05, 3.63) is 47.6 Å². The minimum Gasteiger partial charge on any atom is -0.361 e. The van der Waals surface area contributed by atoms with Gasteiger partial charge in [-0.3, -0.25) is 14.6 Å². The van der Waals surface area contributed by atoms with Crippen LogP contribution in [0.15, 0.2) is 35.1 Å². The van der Waals surface area contributed by atoms with Gasteiger partial charge in [0.1, 0.15) is 11.8 Å². The second-order valence-corrected chi connectivity index (χ2v) is 5.99. The lowest BCUT2D eigenvalue weighted by Crippen LogP contribution is -2.59. The zero-order chi connectivity index (χ0) is 17.6. The van der Waals surface area contributed by atoms with Crippen LogP contribution in [0.3, 0.4) is 0 Å². The number of pyridine rings is 1. The van der Waals surface area contributed by atoms with E-state index >= 15 is 0 Å². The predicted molar refractivity (Wildman–Crippen MR) is 89.4 cm³/mol. The van der Waals surface area contributed by atoms with Gasteiger partial charge in [-0.2, -0.15) is 0 Å². The third kappa shape index (κ3) is 4.42. The summed E-state index contributed by atoms with van der Waals surface area (Å²) >= 11 is 0. The van der Waals surface area contributed by atoms with E-state index in [1.165, 1.54) is 0 Å². The number of carbonyl (C=O) groups excluding carboxylic acids is 2. The number of aromatic nitrogens is 2. The maximum atomic E-state index is 12.6. The lowest BCUT2D eigenvalue weighted by molar-refractivity contribution is -0.141. The first kappa shape index (κ1) is 17.1. The van der Waals surface area contributed by atoms with Gasteiger partial charge in [0, 0.05) is 44.6 Å². The third-order valence-electron chi connectivity index (χ3n) is 4.08. The molecule has 0 bridgehead atoms. The van der Waals surface area contributed by atoms with Crippen molar-refractivity contribution in [1.82, 2.24) is 25.7 Å². The standard InChI is InChI=1S/C17H21N5O3/c1-12-8-14(25-21-12)9-16(23)22-7-6-19-11-15(22)17(24)20-10-13-2-4-18-5-3-13/h2-5,8,15,19H,6-7,9-11H2,1H3,(H,20,24). The summed E-state index contributed by atoms with van der Waals surface area (Å²) < 4.78 is 5.11. The number of aryl methyl sites for hydroxylation is 1. The van der Waals surface area contributed by atoms with E-state index in [1.54, 1.807) is 30.3 Å². The molecule has 3 heterocycles. The van der Waals surface area contributed by atoms with Crippen LogP contribution in [0.1, 0.15) is 17.0 Å². The number of hydrogen-bond donors (Lipinski definition) is 2. The summed E-state index contributed by atoms with van der Waals surface area (Å²) in [7, 11) is 0. The molecule has 1 fully saturated rings. The van der Waals surface area contributed by atoms with Gasteiger partial charge in [-0.1, -0.05) is 5.16 Å². The Balaban J connectivity index is 1.61. The molecule has 0 aromatic carbocycles. The molecule has 0 radical (unpaired) electrons. The number of carbonyl (C=O) groups is 2. The number of rotatable bonds is 5. The minimum atomic E-state index is -0.535. The van der Waals surface area contributed by atoms with Crippen molar-refractivity contribution >= 4 is 11.8 Å². The fourth-order valence-corrected chi connectivity index (χ4v) is 2.79. The van der Waals surface area contributed by atoms with Crippen molar-refractivity contribution in [3.8, 4) is 0 Å². The van der Waals surface area contributed by atoms with Gasteiger partial charge >= 0.3 is 0 Å². The number of nitrogens with one attached hydrogen (secondary N) is 2. The van der Waals surface area contributed by atoms with Crippen LogP contribution in [0.5, 0.6) is 0 Å². The van der Waals surface area contributed by atoms with Gasteiger partial charge in [0.2, 0.25) is 11.8 Å². The molecule has 1 unspecified atom stereocenters. The SMILES string of the molecule is Cc1cc(CC(=O)N2CCNCC2C(=O)NCc2ccncc2)on1. The number of hydrogen-bond acceptors (Lipinski definition) is 6. The molecule has 2 aromatic heterocycles. The fraction of sp³-hybridized carbons (Fsp3) is 0.412. The third-order valence-corrected chi connectivity index (χ3v) is 4.08. The largest absolute Gasteiger partial charge is 0.361 e. The van der Waals surface area contributed by atoms with E-state index < -0.39 is 6.04 Å². The van der Waals surface area contributed by atoms with E-state index in [0.717, 1.165) is 11.3 Å². The van der Waals surface area contributed by atoms with Crippen molar-refractivity contribution in [2.45, 2.75) is 25.9 Å². The molecule has 132 valence electrons. The topological polar surface area (TPSA) is 100 Å². The summed E-state index contributed by atoms with van der Waals surface area (Å²) in [4.78, 5) is 30.7. The molecule has 0 saturated carbocycles. The highest BCUT2D eigenvalue weighted by atomic mass is 16.5.